The number of anilines is 1. The summed E-state index contributed by atoms with van der Waals surface area (Å²) in [6.07, 6.45) is -1.45. The van der Waals surface area contributed by atoms with E-state index in [4.69, 9.17) is 10.1 Å². The summed E-state index contributed by atoms with van der Waals surface area (Å²) >= 11 is 0. The number of methoxy groups -OCH3 is 1. The first kappa shape index (κ1) is 21.8. The summed E-state index contributed by atoms with van der Waals surface area (Å²) in [5.41, 5.74) is -1.63. The summed E-state index contributed by atoms with van der Waals surface area (Å²) in [4.78, 5) is 12.8. The topological polar surface area (TPSA) is 80.0 Å². The highest BCUT2D eigenvalue weighted by molar-refractivity contribution is 5.87. The van der Waals surface area contributed by atoms with Crippen LogP contribution in [-0.2, 0) is 6.18 Å². The Morgan fingerprint density at radius 2 is 1.90 bits per heavy atom. The van der Waals surface area contributed by atoms with Crippen LogP contribution in [0.2, 0.25) is 0 Å². The summed E-state index contributed by atoms with van der Waals surface area (Å²) < 4.78 is 59.0. The van der Waals surface area contributed by atoms with Crippen molar-refractivity contribution < 1.29 is 22.3 Å². The highest BCUT2D eigenvalue weighted by Crippen LogP contribution is 2.31. The van der Waals surface area contributed by atoms with Crippen molar-refractivity contribution in [1.82, 2.24) is 9.78 Å². The number of nitrogens with one attached hydrogen (secondary N) is 2. The van der Waals surface area contributed by atoms with E-state index < -0.39 is 23.0 Å². The third-order valence-corrected chi connectivity index (χ3v) is 4.19. The van der Waals surface area contributed by atoms with E-state index >= 15 is 0 Å². The highest BCUT2D eigenvalue weighted by Gasteiger charge is 2.31. The van der Waals surface area contributed by atoms with E-state index in [1.807, 2.05) is 0 Å². The third kappa shape index (κ3) is 4.80. The van der Waals surface area contributed by atoms with Gasteiger partial charge in [-0.15, -0.1) is 0 Å². The fourth-order valence-corrected chi connectivity index (χ4v) is 2.72. The molecule has 0 bridgehead atoms. The minimum absolute atomic E-state index is 0.117. The van der Waals surface area contributed by atoms with E-state index in [-0.39, 0.29) is 22.8 Å². The van der Waals surface area contributed by atoms with E-state index in [1.54, 1.807) is 30.3 Å². The number of nitrogens with zero attached hydrogens (tertiary/aromatic N) is 2. The first-order valence-corrected chi connectivity index (χ1v) is 8.83. The lowest BCUT2D eigenvalue weighted by Crippen LogP contribution is -2.21. The molecule has 0 atom stereocenters. The van der Waals surface area contributed by atoms with E-state index in [2.05, 4.69) is 10.4 Å². The van der Waals surface area contributed by atoms with Gasteiger partial charge in [-0.3, -0.25) is 4.79 Å². The summed E-state index contributed by atoms with van der Waals surface area (Å²) in [7, 11) is 1.22. The van der Waals surface area contributed by atoms with E-state index in [9.17, 15) is 22.4 Å². The van der Waals surface area contributed by atoms with Crippen LogP contribution < -0.4 is 15.5 Å². The first-order chi connectivity index (χ1) is 14.7. The largest absolute Gasteiger partial charge is 0.491 e. The second kappa shape index (κ2) is 8.82. The molecule has 3 aromatic rings. The molecule has 0 amide bonds. The van der Waals surface area contributed by atoms with Crippen LogP contribution in [0.15, 0.2) is 65.6 Å². The maximum Gasteiger partial charge on any atom is 0.416 e. The summed E-state index contributed by atoms with van der Waals surface area (Å²) in [5.74, 6) is -1.40. The van der Waals surface area contributed by atoms with Crippen molar-refractivity contribution in [3.63, 3.8) is 0 Å². The number of aromatic nitrogens is 2. The van der Waals surface area contributed by atoms with Crippen LogP contribution in [-0.4, -0.2) is 23.1 Å². The number of ether oxygens (including phenoxy) is 1. The molecule has 6 nitrogen and oxygen atoms in total. The van der Waals surface area contributed by atoms with E-state index in [0.29, 0.717) is 17.8 Å². The standard InChI is InChI=1S/C21H16F4N4O2/c1-31-18-12-29(17-8-7-13(11-15(17)22)21(23,24)25)28-19(20(18)30)16(9-10-26)27-14-5-3-2-4-6-14/h2-12,26-27H,1H3/b16-9-,26-10?. The minimum atomic E-state index is -4.71. The van der Waals surface area contributed by atoms with Gasteiger partial charge in [0.2, 0.25) is 0 Å². The fraction of sp³-hybridized carbons (Fsp3) is 0.0952. The zero-order valence-corrected chi connectivity index (χ0v) is 16.1. The molecule has 3 rings (SSSR count). The van der Waals surface area contributed by atoms with Gasteiger partial charge in [0, 0.05) is 11.9 Å². The number of para-hydroxylation sites is 1. The molecule has 0 aliphatic heterocycles. The Balaban J connectivity index is 2.15. The monoisotopic (exact) mass is 432 g/mol. The van der Waals surface area contributed by atoms with Gasteiger partial charge in [-0.2, -0.15) is 18.3 Å². The van der Waals surface area contributed by atoms with E-state index in [1.165, 1.54) is 13.2 Å². The lowest BCUT2D eigenvalue weighted by molar-refractivity contribution is -0.137. The number of hydrogen-bond acceptors (Lipinski definition) is 5. The van der Waals surface area contributed by atoms with Crippen LogP contribution in [0.4, 0.5) is 23.2 Å². The Labute approximate surface area is 173 Å². The second-order valence-electron chi connectivity index (χ2n) is 6.22. The summed E-state index contributed by atoms with van der Waals surface area (Å²) in [6, 6.07) is 10.7. The Bertz CT molecular complexity index is 1190. The van der Waals surface area contributed by atoms with Gasteiger partial charge >= 0.3 is 6.18 Å². The Hall–Kier alpha value is -3.95. The molecule has 0 saturated carbocycles. The molecule has 0 aliphatic rings. The SMILES string of the molecule is COc1cn(-c2ccc(C(F)(F)F)cc2F)nc(/C(=C/C=N)Nc2ccccc2)c1=O. The molecule has 10 heteroatoms. The van der Waals surface area contributed by atoms with Crippen molar-refractivity contribution in [3.05, 3.63) is 88.1 Å². The van der Waals surface area contributed by atoms with Crippen molar-refractivity contribution in [3.8, 4) is 11.4 Å². The predicted octanol–water partition coefficient (Wildman–Crippen LogP) is 4.50. The lowest BCUT2D eigenvalue weighted by atomic mass is 10.2. The fourth-order valence-electron chi connectivity index (χ4n) is 2.72. The third-order valence-electron chi connectivity index (χ3n) is 4.19. The van der Waals surface area contributed by atoms with Gasteiger partial charge in [0.1, 0.15) is 11.5 Å². The average molecular weight is 432 g/mol. The Morgan fingerprint density at radius 3 is 2.48 bits per heavy atom. The van der Waals surface area contributed by atoms with Crippen molar-refractivity contribution in [2.24, 2.45) is 0 Å². The number of allylic oxidation sites excluding steroid dienone is 1. The molecule has 160 valence electrons. The molecule has 0 unspecified atom stereocenters. The quantitative estimate of drug-likeness (QED) is 0.444. The first-order valence-electron chi connectivity index (χ1n) is 8.83. The minimum Gasteiger partial charge on any atom is -0.491 e. The molecule has 2 aromatic carbocycles. The van der Waals surface area contributed by atoms with Gasteiger partial charge in [-0.05, 0) is 36.4 Å². The zero-order valence-electron chi connectivity index (χ0n) is 16.1. The molecule has 1 aromatic heterocycles. The molecule has 0 saturated heterocycles. The van der Waals surface area contributed by atoms with Crippen LogP contribution in [0, 0.1) is 11.2 Å². The molecular formula is C21H16F4N4O2. The van der Waals surface area contributed by atoms with Crippen LogP contribution in [0.5, 0.6) is 5.75 Å². The maximum atomic E-state index is 14.5. The van der Waals surface area contributed by atoms with Gasteiger partial charge in [-0.1, -0.05) is 18.2 Å². The molecule has 0 aliphatic carbocycles. The molecule has 2 N–H and O–H groups in total. The lowest BCUT2D eigenvalue weighted by Gasteiger charge is -2.15. The van der Waals surface area contributed by atoms with Gasteiger partial charge in [-0.25, -0.2) is 9.07 Å². The van der Waals surface area contributed by atoms with Crippen LogP contribution in [0.3, 0.4) is 0 Å². The van der Waals surface area contributed by atoms with Gasteiger partial charge in [0.15, 0.2) is 11.4 Å². The zero-order chi connectivity index (χ0) is 22.6. The molecule has 0 radical (unpaired) electrons. The van der Waals surface area contributed by atoms with Crippen molar-refractivity contribution in [1.29, 1.82) is 5.41 Å². The molecule has 0 fully saturated rings. The average Bonchev–Trinajstić information content (AvgIpc) is 2.74. The number of alkyl halides is 3. The molecule has 31 heavy (non-hydrogen) atoms. The number of hydrogen-bond donors (Lipinski definition) is 2. The van der Waals surface area contributed by atoms with Crippen LogP contribution >= 0.6 is 0 Å². The Kier molecular flexibility index (Phi) is 6.19. The molecular weight excluding hydrogens is 416 g/mol. The van der Waals surface area contributed by atoms with Crippen molar-refractivity contribution in [2.45, 2.75) is 6.18 Å². The van der Waals surface area contributed by atoms with Gasteiger partial charge in [0.25, 0.3) is 5.43 Å². The highest BCUT2D eigenvalue weighted by atomic mass is 19.4. The van der Waals surface area contributed by atoms with Crippen molar-refractivity contribution in [2.75, 3.05) is 12.4 Å². The summed E-state index contributed by atoms with van der Waals surface area (Å²) in [6.45, 7) is 0. The van der Waals surface area contributed by atoms with Gasteiger partial charge in [0.05, 0.1) is 24.6 Å². The Morgan fingerprint density at radius 1 is 1.19 bits per heavy atom. The number of rotatable bonds is 6. The normalized spacial score (nSPS) is 11.8. The van der Waals surface area contributed by atoms with Crippen LogP contribution in [0.1, 0.15) is 11.3 Å². The maximum absolute atomic E-state index is 14.5. The number of halogens is 4. The summed E-state index contributed by atoms with van der Waals surface area (Å²) in [5, 5.41) is 14.4. The predicted molar refractivity (Wildman–Crippen MR) is 108 cm³/mol. The van der Waals surface area contributed by atoms with Crippen molar-refractivity contribution >= 4 is 17.6 Å². The number of benzene rings is 2. The van der Waals surface area contributed by atoms with Crippen LogP contribution in [0.25, 0.3) is 11.4 Å². The molecule has 0 spiro atoms. The van der Waals surface area contributed by atoms with Gasteiger partial charge < -0.3 is 15.5 Å². The molecule has 1 heterocycles. The second-order valence-corrected chi connectivity index (χ2v) is 6.22. The van der Waals surface area contributed by atoms with E-state index in [0.717, 1.165) is 23.2 Å². The smallest absolute Gasteiger partial charge is 0.416 e.